The molecule has 0 saturated carbocycles. The number of likely N-dealkylation sites (N-methyl/N-ethyl adjacent to an activating group) is 1. The van der Waals surface area contributed by atoms with Crippen LogP contribution in [-0.4, -0.2) is 29.8 Å². The normalized spacial score (nSPS) is 10.2. The average Bonchev–Trinajstić information content (AvgIpc) is 2.64. The third kappa shape index (κ3) is 5.54. The van der Waals surface area contributed by atoms with E-state index in [2.05, 4.69) is 17.4 Å². The predicted octanol–water partition coefficient (Wildman–Crippen LogP) is 2.78. The van der Waals surface area contributed by atoms with Crippen LogP contribution in [0.3, 0.4) is 0 Å². The predicted molar refractivity (Wildman–Crippen MR) is 95.3 cm³/mol. The van der Waals surface area contributed by atoms with Crippen LogP contribution < -0.4 is 5.32 Å². The van der Waals surface area contributed by atoms with Crippen LogP contribution in [0.4, 0.5) is 0 Å². The van der Waals surface area contributed by atoms with E-state index < -0.39 is 11.8 Å². The minimum atomic E-state index is -0.527. The number of amides is 2. The van der Waals surface area contributed by atoms with Crippen LogP contribution in [0.15, 0.2) is 60.7 Å². The maximum Gasteiger partial charge on any atom is 0.312 e. The first-order valence-electron chi connectivity index (χ1n) is 8.35. The van der Waals surface area contributed by atoms with E-state index in [9.17, 15) is 9.59 Å². The molecule has 0 aromatic heterocycles. The number of rotatable bonds is 7. The van der Waals surface area contributed by atoms with Gasteiger partial charge in [-0.05, 0) is 30.9 Å². The first-order valence-corrected chi connectivity index (χ1v) is 8.35. The lowest BCUT2D eigenvalue weighted by Crippen LogP contribution is -2.42. The first kappa shape index (κ1) is 17.7. The van der Waals surface area contributed by atoms with Crippen LogP contribution in [-0.2, 0) is 22.6 Å². The molecule has 0 fully saturated rings. The zero-order valence-corrected chi connectivity index (χ0v) is 14.1. The molecule has 4 heteroatoms. The van der Waals surface area contributed by atoms with Crippen molar-refractivity contribution in [3.63, 3.8) is 0 Å². The van der Waals surface area contributed by atoms with E-state index in [1.165, 1.54) is 5.56 Å². The summed E-state index contributed by atoms with van der Waals surface area (Å²) in [4.78, 5) is 25.9. The smallest absolute Gasteiger partial charge is 0.312 e. The fourth-order valence-electron chi connectivity index (χ4n) is 2.49. The standard InChI is InChI=1S/C20H24N2O2/c1-2-22(16-18-12-7-4-8-13-18)20(24)19(23)21-15-9-14-17-10-5-3-6-11-17/h3-8,10-13H,2,9,14-16H2,1H3,(H,21,23). The van der Waals surface area contributed by atoms with Crippen LogP contribution in [0.5, 0.6) is 0 Å². The quantitative estimate of drug-likeness (QED) is 0.629. The molecular weight excluding hydrogens is 300 g/mol. The van der Waals surface area contributed by atoms with Gasteiger partial charge in [-0.3, -0.25) is 9.59 Å². The zero-order chi connectivity index (χ0) is 17.2. The fourth-order valence-corrected chi connectivity index (χ4v) is 2.49. The van der Waals surface area contributed by atoms with Crippen molar-refractivity contribution >= 4 is 11.8 Å². The number of hydrogen-bond acceptors (Lipinski definition) is 2. The molecule has 1 N–H and O–H groups in total. The Balaban J connectivity index is 1.76. The average molecular weight is 324 g/mol. The van der Waals surface area contributed by atoms with Gasteiger partial charge in [-0.1, -0.05) is 60.7 Å². The van der Waals surface area contributed by atoms with Gasteiger partial charge in [0.1, 0.15) is 0 Å². The Labute approximate surface area is 143 Å². The summed E-state index contributed by atoms with van der Waals surface area (Å²) in [6.07, 6.45) is 1.70. The van der Waals surface area contributed by atoms with E-state index in [1.54, 1.807) is 4.90 Å². The van der Waals surface area contributed by atoms with Gasteiger partial charge >= 0.3 is 11.8 Å². The van der Waals surface area contributed by atoms with Crippen molar-refractivity contribution in [2.45, 2.75) is 26.3 Å². The lowest BCUT2D eigenvalue weighted by atomic mass is 10.1. The highest BCUT2D eigenvalue weighted by Gasteiger charge is 2.20. The Bertz CT molecular complexity index is 641. The van der Waals surface area contributed by atoms with Crippen molar-refractivity contribution in [3.05, 3.63) is 71.8 Å². The summed E-state index contributed by atoms with van der Waals surface area (Å²) in [7, 11) is 0. The van der Waals surface area contributed by atoms with Crippen molar-refractivity contribution in [2.24, 2.45) is 0 Å². The van der Waals surface area contributed by atoms with E-state index >= 15 is 0 Å². The Kier molecular flexibility index (Phi) is 7.02. The molecule has 0 heterocycles. The Morgan fingerprint density at radius 1 is 0.917 bits per heavy atom. The minimum absolute atomic E-state index is 0.452. The summed E-state index contributed by atoms with van der Waals surface area (Å²) >= 11 is 0. The second-order valence-corrected chi connectivity index (χ2v) is 5.65. The van der Waals surface area contributed by atoms with E-state index in [-0.39, 0.29) is 0 Å². The second-order valence-electron chi connectivity index (χ2n) is 5.65. The number of benzene rings is 2. The van der Waals surface area contributed by atoms with Crippen LogP contribution in [0, 0.1) is 0 Å². The minimum Gasteiger partial charge on any atom is -0.348 e. The Morgan fingerprint density at radius 3 is 2.08 bits per heavy atom. The van der Waals surface area contributed by atoms with Crippen molar-refractivity contribution < 1.29 is 9.59 Å². The summed E-state index contributed by atoms with van der Waals surface area (Å²) in [5.41, 5.74) is 2.25. The van der Waals surface area contributed by atoms with Crippen molar-refractivity contribution in [1.82, 2.24) is 10.2 Å². The Morgan fingerprint density at radius 2 is 1.50 bits per heavy atom. The van der Waals surface area contributed by atoms with E-state index in [4.69, 9.17) is 0 Å². The highest BCUT2D eigenvalue weighted by Crippen LogP contribution is 2.05. The highest BCUT2D eigenvalue weighted by atomic mass is 16.2. The lowest BCUT2D eigenvalue weighted by molar-refractivity contribution is -0.146. The molecule has 0 aliphatic heterocycles. The van der Waals surface area contributed by atoms with Gasteiger partial charge in [-0.2, -0.15) is 0 Å². The van der Waals surface area contributed by atoms with Gasteiger partial charge in [0.05, 0.1) is 0 Å². The molecular formula is C20H24N2O2. The molecule has 0 bridgehead atoms. The first-order chi connectivity index (χ1) is 11.7. The number of hydrogen-bond donors (Lipinski definition) is 1. The van der Waals surface area contributed by atoms with Gasteiger partial charge < -0.3 is 10.2 Å². The second kappa shape index (κ2) is 9.50. The molecule has 0 spiro atoms. The number of carbonyl (C=O) groups excluding carboxylic acids is 2. The molecule has 126 valence electrons. The molecule has 2 aromatic rings. The summed E-state index contributed by atoms with van der Waals surface area (Å²) in [5, 5.41) is 2.72. The maximum atomic E-state index is 12.3. The van der Waals surface area contributed by atoms with Gasteiger partial charge in [-0.25, -0.2) is 0 Å². The summed E-state index contributed by atoms with van der Waals surface area (Å²) in [6.45, 7) is 3.34. The summed E-state index contributed by atoms with van der Waals surface area (Å²) in [5.74, 6) is -0.998. The third-order valence-electron chi connectivity index (χ3n) is 3.85. The van der Waals surface area contributed by atoms with Crippen molar-refractivity contribution in [2.75, 3.05) is 13.1 Å². The molecule has 0 aliphatic rings. The van der Waals surface area contributed by atoms with E-state index in [0.717, 1.165) is 18.4 Å². The molecule has 0 radical (unpaired) electrons. The monoisotopic (exact) mass is 324 g/mol. The van der Waals surface area contributed by atoms with E-state index in [1.807, 2.05) is 55.5 Å². The zero-order valence-electron chi connectivity index (χ0n) is 14.1. The van der Waals surface area contributed by atoms with Crippen molar-refractivity contribution in [3.8, 4) is 0 Å². The number of aryl methyl sites for hydroxylation is 1. The summed E-state index contributed by atoms with van der Waals surface area (Å²) < 4.78 is 0. The van der Waals surface area contributed by atoms with Crippen LogP contribution in [0.25, 0.3) is 0 Å². The number of nitrogens with zero attached hydrogens (tertiary/aromatic N) is 1. The molecule has 0 saturated heterocycles. The number of nitrogens with one attached hydrogen (secondary N) is 1. The molecule has 2 amide bonds. The topological polar surface area (TPSA) is 49.4 Å². The molecule has 4 nitrogen and oxygen atoms in total. The van der Waals surface area contributed by atoms with Crippen molar-refractivity contribution in [1.29, 1.82) is 0 Å². The van der Waals surface area contributed by atoms with Crippen LogP contribution in [0.2, 0.25) is 0 Å². The molecule has 24 heavy (non-hydrogen) atoms. The molecule has 2 aromatic carbocycles. The third-order valence-corrected chi connectivity index (χ3v) is 3.85. The van der Waals surface area contributed by atoms with Gasteiger partial charge in [0.25, 0.3) is 0 Å². The molecule has 0 unspecified atom stereocenters. The maximum absolute atomic E-state index is 12.3. The molecule has 0 aliphatic carbocycles. The van der Waals surface area contributed by atoms with Gasteiger partial charge in [0.15, 0.2) is 0 Å². The summed E-state index contributed by atoms with van der Waals surface area (Å²) in [6, 6.07) is 19.8. The Hall–Kier alpha value is -2.62. The molecule has 0 atom stereocenters. The largest absolute Gasteiger partial charge is 0.348 e. The van der Waals surface area contributed by atoms with Gasteiger partial charge in [-0.15, -0.1) is 0 Å². The van der Waals surface area contributed by atoms with E-state index in [0.29, 0.717) is 19.6 Å². The lowest BCUT2D eigenvalue weighted by Gasteiger charge is -2.20. The van der Waals surface area contributed by atoms with Gasteiger partial charge in [0, 0.05) is 19.6 Å². The molecule has 2 rings (SSSR count). The highest BCUT2D eigenvalue weighted by molar-refractivity contribution is 6.34. The number of carbonyl (C=O) groups is 2. The fraction of sp³-hybridized carbons (Fsp3) is 0.300. The van der Waals surface area contributed by atoms with Crippen LogP contribution in [0.1, 0.15) is 24.5 Å². The SMILES string of the molecule is CCN(Cc1ccccc1)C(=O)C(=O)NCCCc1ccccc1. The van der Waals surface area contributed by atoms with Gasteiger partial charge in [0.2, 0.25) is 0 Å². The van der Waals surface area contributed by atoms with Crippen LogP contribution >= 0.6 is 0 Å².